The van der Waals surface area contributed by atoms with Gasteiger partial charge >= 0.3 is 0 Å². The van der Waals surface area contributed by atoms with E-state index in [1.165, 1.54) is 12.2 Å². The van der Waals surface area contributed by atoms with Crippen LogP contribution in [0, 0.1) is 0 Å². The third-order valence-electron chi connectivity index (χ3n) is 3.09. The maximum absolute atomic E-state index is 11.3. The lowest BCUT2D eigenvalue weighted by molar-refractivity contribution is -0.115. The molecular weight excluding hydrogens is 248 g/mol. The van der Waals surface area contributed by atoms with Gasteiger partial charge < -0.3 is 0 Å². The summed E-state index contributed by atoms with van der Waals surface area (Å²) in [5.74, 6) is 0.0785. The van der Waals surface area contributed by atoms with Crippen LogP contribution in [-0.4, -0.2) is 11.6 Å². The van der Waals surface area contributed by atoms with Gasteiger partial charge in [-0.05, 0) is 41.7 Å². The van der Waals surface area contributed by atoms with Crippen LogP contribution in [0.15, 0.2) is 50.1 Å². The van der Waals surface area contributed by atoms with Crippen LogP contribution in [0.4, 0.5) is 0 Å². The summed E-state index contributed by atoms with van der Waals surface area (Å²) >= 11 is 0. The second-order valence-electron chi connectivity index (χ2n) is 4.63. The lowest BCUT2D eigenvalue weighted by Gasteiger charge is -2.07. The van der Waals surface area contributed by atoms with E-state index in [2.05, 4.69) is 19.7 Å². The topological polar surface area (TPSA) is 34.1 Å². The fraction of sp³-hybridized carbons (Fsp3) is 0.222. The van der Waals surface area contributed by atoms with Crippen LogP contribution in [0.25, 0.3) is 6.08 Å². The fourth-order valence-electron chi connectivity index (χ4n) is 1.94. The standard InChI is InChI=1S/C18H20O2/c1-4-14-11-15(7-9-17(19)5-2)13-16(12-14)8-10-18(20)6-3/h4-6,11-13H,1-3,7-10H2. The van der Waals surface area contributed by atoms with Crippen molar-refractivity contribution in [3.05, 3.63) is 66.8 Å². The number of rotatable bonds is 9. The molecule has 0 bridgehead atoms. The Bertz CT molecular complexity index is 496. The van der Waals surface area contributed by atoms with Crippen molar-refractivity contribution in [3.8, 4) is 0 Å². The molecule has 0 N–H and O–H groups in total. The van der Waals surface area contributed by atoms with Crippen molar-refractivity contribution in [1.82, 2.24) is 0 Å². The average Bonchev–Trinajstić information content (AvgIpc) is 2.49. The van der Waals surface area contributed by atoms with Gasteiger partial charge in [-0.3, -0.25) is 9.59 Å². The average molecular weight is 268 g/mol. The molecule has 1 aromatic carbocycles. The highest BCUT2D eigenvalue weighted by Crippen LogP contribution is 2.15. The lowest BCUT2D eigenvalue weighted by Crippen LogP contribution is -1.99. The van der Waals surface area contributed by atoms with Gasteiger partial charge in [0.15, 0.2) is 11.6 Å². The Hall–Kier alpha value is -2.22. The monoisotopic (exact) mass is 268 g/mol. The van der Waals surface area contributed by atoms with Crippen LogP contribution in [-0.2, 0) is 22.4 Å². The van der Waals surface area contributed by atoms with Crippen molar-refractivity contribution in [2.45, 2.75) is 25.7 Å². The first kappa shape index (κ1) is 15.8. The van der Waals surface area contributed by atoms with Gasteiger partial charge in [0.25, 0.3) is 0 Å². The summed E-state index contributed by atoms with van der Waals surface area (Å²) in [6, 6.07) is 6.07. The number of hydrogen-bond acceptors (Lipinski definition) is 2. The van der Waals surface area contributed by atoms with Crippen LogP contribution in [0.2, 0.25) is 0 Å². The van der Waals surface area contributed by atoms with E-state index in [-0.39, 0.29) is 11.6 Å². The van der Waals surface area contributed by atoms with Crippen molar-refractivity contribution < 1.29 is 9.59 Å². The lowest BCUT2D eigenvalue weighted by atomic mass is 9.98. The third kappa shape index (κ3) is 5.19. The molecule has 0 aliphatic rings. The van der Waals surface area contributed by atoms with Crippen molar-refractivity contribution >= 4 is 17.6 Å². The highest BCUT2D eigenvalue weighted by molar-refractivity contribution is 5.89. The molecule has 1 rings (SSSR count). The molecule has 0 unspecified atom stereocenters. The number of hydrogen-bond donors (Lipinski definition) is 0. The van der Waals surface area contributed by atoms with E-state index >= 15 is 0 Å². The molecule has 104 valence electrons. The molecule has 0 aliphatic carbocycles. The Morgan fingerprint density at radius 1 is 0.850 bits per heavy atom. The molecule has 2 heteroatoms. The predicted molar refractivity (Wildman–Crippen MR) is 83.6 cm³/mol. The van der Waals surface area contributed by atoms with Crippen LogP contribution in [0.5, 0.6) is 0 Å². The summed E-state index contributed by atoms with van der Waals surface area (Å²) in [4.78, 5) is 22.6. The van der Waals surface area contributed by atoms with E-state index in [1.54, 1.807) is 6.08 Å². The second kappa shape index (κ2) is 8.05. The van der Waals surface area contributed by atoms with Crippen LogP contribution in [0.1, 0.15) is 29.5 Å². The molecule has 0 amide bonds. The zero-order valence-corrected chi connectivity index (χ0v) is 11.7. The summed E-state index contributed by atoms with van der Waals surface area (Å²) in [6.07, 6.45) is 6.73. The predicted octanol–water partition coefficient (Wildman–Crippen LogP) is 3.71. The first-order valence-corrected chi connectivity index (χ1v) is 6.65. The molecule has 0 heterocycles. The summed E-state index contributed by atoms with van der Waals surface area (Å²) in [5, 5.41) is 0. The first-order chi connectivity index (χ1) is 9.58. The first-order valence-electron chi connectivity index (χ1n) is 6.65. The van der Waals surface area contributed by atoms with Gasteiger partial charge in [0.1, 0.15) is 0 Å². The third-order valence-corrected chi connectivity index (χ3v) is 3.09. The maximum Gasteiger partial charge on any atom is 0.155 e. The highest BCUT2D eigenvalue weighted by atomic mass is 16.1. The second-order valence-corrected chi connectivity index (χ2v) is 4.63. The molecule has 0 saturated heterocycles. The largest absolute Gasteiger partial charge is 0.295 e. The van der Waals surface area contributed by atoms with Gasteiger partial charge in [0.2, 0.25) is 0 Å². The van der Waals surface area contributed by atoms with Gasteiger partial charge in [-0.1, -0.05) is 44.0 Å². The van der Waals surface area contributed by atoms with E-state index < -0.39 is 0 Å². The zero-order valence-electron chi connectivity index (χ0n) is 11.7. The van der Waals surface area contributed by atoms with Gasteiger partial charge in [-0.2, -0.15) is 0 Å². The number of aryl methyl sites for hydroxylation is 2. The van der Waals surface area contributed by atoms with Crippen LogP contribution >= 0.6 is 0 Å². The fourth-order valence-corrected chi connectivity index (χ4v) is 1.94. The molecule has 0 radical (unpaired) electrons. The van der Waals surface area contributed by atoms with Crippen molar-refractivity contribution in [2.24, 2.45) is 0 Å². The molecule has 0 fully saturated rings. The Kier molecular flexibility index (Phi) is 6.38. The van der Waals surface area contributed by atoms with Gasteiger partial charge in [-0.25, -0.2) is 0 Å². The minimum atomic E-state index is 0.0393. The number of ketones is 2. The summed E-state index contributed by atoms with van der Waals surface area (Å²) in [6.45, 7) is 10.7. The van der Waals surface area contributed by atoms with E-state index in [4.69, 9.17) is 0 Å². The molecule has 0 aliphatic heterocycles. The summed E-state index contributed by atoms with van der Waals surface area (Å²) < 4.78 is 0. The quantitative estimate of drug-likeness (QED) is 0.640. The van der Waals surface area contributed by atoms with Crippen LogP contribution < -0.4 is 0 Å². The van der Waals surface area contributed by atoms with Gasteiger partial charge in [0, 0.05) is 12.8 Å². The Labute approximate surface area is 120 Å². The van der Waals surface area contributed by atoms with Gasteiger partial charge in [0.05, 0.1) is 0 Å². The Morgan fingerprint density at radius 3 is 1.65 bits per heavy atom. The normalized spacial score (nSPS) is 9.80. The summed E-state index contributed by atoms with van der Waals surface area (Å²) in [5.41, 5.74) is 3.17. The minimum absolute atomic E-state index is 0.0393. The Balaban J connectivity index is 2.81. The zero-order chi connectivity index (χ0) is 15.0. The maximum atomic E-state index is 11.3. The summed E-state index contributed by atoms with van der Waals surface area (Å²) in [7, 11) is 0. The SMILES string of the molecule is C=CC(=O)CCc1cc(C=C)cc(CCC(=O)C=C)c1. The Morgan fingerprint density at radius 2 is 1.30 bits per heavy atom. The molecule has 0 atom stereocenters. The van der Waals surface area contributed by atoms with Crippen molar-refractivity contribution in [3.63, 3.8) is 0 Å². The number of allylic oxidation sites excluding steroid dienone is 2. The van der Waals surface area contributed by atoms with Gasteiger partial charge in [-0.15, -0.1) is 0 Å². The van der Waals surface area contributed by atoms with E-state index in [9.17, 15) is 9.59 Å². The molecule has 0 aromatic heterocycles. The van der Waals surface area contributed by atoms with Crippen molar-refractivity contribution in [2.75, 3.05) is 0 Å². The molecule has 0 spiro atoms. The van der Waals surface area contributed by atoms with Crippen molar-refractivity contribution in [1.29, 1.82) is 0 Å². The van der Waals surface area contributed by atoms with Crippen LogP contribution in [0.3, 0.4) is 0 Å². The highest BCUT2D eigenvalue weighted by Gasteiger charge is 2.04. The van der Waals surface area contributed by atoms with E-state index in [0.29, 0.717) is 25.7 Å². The molecule has 20 heavy (non-hydrogen) atoms. The smallest absolute Gasteiger partial charge is 0.155 e. The van der Waals surface area contributed by atoms with E-state index in [1.807, 2.05) is 18.2 Å². The molecule has 1 aromatic rings. The number of carbonyl (C=O) groups excluding carboxylic acids is 2. The minimum Gasteiger partial charge on any atom is -0.295 e. The number of benzene rings is 1. The number of carbonyl (C=O) groups is 2. The molecular formula is C18H20O2. The molecule has 0 saturated carbocycles. The molecule has 2 nitrogen and oxygen atoms in total. The van der Waals surface area contributed by atoms with E-state index in [0.717, 1.165) is 16.7 Å².